The molecule has 0 aliphatic carbocycles. The Morgan fingerprint density at radius 1 is 0.422 bits per heavy atom. The van der Waals surface area contributed by atoms with Crippen molar-refractivity contribution in [3.8, 4) is 0 Å². The SMILES string of the molecule is CCCCCCCCC/C=C\CCCCCCCCCC(=O)OCCCCCCCCCCCC(=O)NC(CO)C(O)/C=C/CCCCCCCCCCCCCCCCCCCC. The Labute approximate surface area is 399 Å². The Morgan fingerprint density at radius 3 is 1.11 bits per heavy atom. The van der Waals surface area contributed by atoms with Crippen LogP contribution in [0, 0.1) is 0 Å². The van der Waals surface area contributed by atoms with E-state index in [0.717, 1.165) is 57.8 Å². The molecule has 378 valence electrons. The maximum Gasteiger partial charge on any atom is 0.305 e. The summed E-state index contributed by atoms with van der Waals surface area (Å²) in [4.78, 5) is 24.6. The van der Waals surface area contributed by atoms with Crippen LogP contribution < -0.4 is 5.32 Å². The third-order valence-corrected chi connectivity index (χ3v) is 13.2. The van der Waals surface area contributed by atoms with E-state index in [4.69, 9.17) is 4.74 Å². The van der Waals surface area contributed by atoms with Gasteiger partial charge in [-0.05, 0) is 57.8 Å². The summed E-state index contributed by atoms with van der Waals surface area (Å²) in [6.07, 6.45) is 64.8. The maximum atomic E-state index is 12.5. The Hall–Kier alpha value is -1.66. The van der Waals surface area contributed by atoms with Gasteiger partial charge in [0.15, 0.2) is 0 Å². The molecule has 0 saturated carbocycles. The average Bonchev–Trinajstić information content (AvgIpc) is 3.29. The van der Waals surface area contributed by atoms with Crippen molar-refractivity contribution in [3.05, 3.63) is 24.3 Å². The highest BCUT2D eigenvalue weighted by atomic mass is 16.5. The van der Waals surface area contributed by atoms with Gasteiger partial charge in [0.25, 0.3) is 0 Å². The maximum absolute atomic E-state index is 12.5. The molecule has 3 N–H and O–H groups in total. The van der Waals surface area contributed by atoms with Crippen LogP contribution in [0.4, 0.5) is 0 Å². The van der Waals surface area contributed by atoms with Crippen LogP contribution in [0.5, 0.6) is 0 Å². The van der Waals surface area contributed by atoms with E-state index in [9.17, 15) is 19.8 Å². The zero-order valence-corrected chi connectivity index (χ0v) is 43.0. The fraction of sp³-hybridized carbons (Fsp3) is 0.897. The van der Waals surface area contributed by atoms with Crippen LogP contribution in [-0.4, -0.2) is 47.4 Å². The van der Waals surface area contributed by atoms with Gasteiger partial charge in [-0.25, -0.2) is 0 Å². The number of allylic oxidation sites excluding steroid dienone is 3. The minimum atomic E-state index is -0.863. The number of unbranched alkanes of at least 4 members (excludes halogenated alkanes) is 40. The van der Waals surface area contributed by atoms with E-state index in [1.54, 1.807) is 6.08 Å². The number of aliphatic hydroxyl groups excluding tert-OH is 2. The number of nitrogens with one attached hydrogen (secondary N) is 1. The summed E-state index contributed by atoms with van der Waals surface area (Å²) in [7, 11) is 0. The standard InChI is InChI=1S/C58H111NO5/c1-3-5-7-9-11-13-15-17-19-21-23-24-25-27-29-31-34-38-42-46-50-56(61)55(54-60)59-57(62)51-47-43-39-35-33-37-41-45-49-53-64-58(63)52-48-44-40-36-32-30-28-26-22-20-18-16-14-12-10-8-6-4-2/h20,22,46,50,55-56,60-61H,3-19,21,23-45,47-49,51-54H2,1-2H3,(H,59,62)/b22-20-,50-46+. The monoisotopic (exact) mass is 902 g/mol. The number of aliphatic hydroxyl groups is 2. The van der Waals surface area contributed by atoms with Gasteiger partial charge in [0.05, 0.1) is 25.4 Å². The minimum absolute atomic E-state index is 0.0296. The molecule has 0 saturated heterocycles. The minimum Gasteiger partial charge on any atom is -0.466 e. The summed E-state index contributed by atoms with van der Waals surface area (Å²) in [5.74, 6) is -0.123. The first kappa shape index (κ1) is 62.3. The molecule has 6 nitrogen and oxygen atoms in total. The summed E-state index contributed by atoms with van der Waals surface area (Å²) >= 11 is 0. The van der Waals surface area contributed by atoms with E-state index < -0.39 is 12.1 Å². The van der Waals surface area contributed by atoms with Crippen LogP contribution in [0.15, 0.2) is 24.3 Å². The zero-order valence-electron chi connectivity index (χ0n) is 43.0. The van der Waals surface area contributed by atoms with Crippen LogP contribution >= 0.6 is 0 Å². The third kappa shape index (κ3) is 49.8. The normalized spacial score (nSPS) is 12.8. The highest BCUT2D eigenvalue weighted by Crippen LogP contribution is 2.17. The first-order valence-corrected chi connectivity index (χ1v) is 28.6. The molecule has 0 radical (unpaired) electrons. The lowest BCUT2D eigenvalue weighted by Gasteiger charge is -2.20. The quantitative estimate of drug-likeness (QED) is 0.0321. The Bertz CT molecular complexity index is 997. The van der Waals surface area contributed by atoms with Crippen LogP contribution in [-0.2, 0) is 14.3 Å². The zero-order chi connectivity index (χ0) is 46.5. The highest BCUT2D eigenvalue weighted by molar-refractivity contribution is 5.76. The van der Waals surface area contributed by atoms with Gasteiger partial charge >= 0.3 is 5.97 Å². The number of amides is 1. The molecule has 2 unspecified atom stereocenters. The molecular formula is C58H111NO5. The predicted molar refractivity (Wildman–Crippen MR) is 278 cm³/mol. The van der Waals surface area contributed by atoms with Gasteiger partial charge in [-0.1, -0.05) is 263 Å². The van der Waals surface area contributed by atoms with Gasteiger partial charge in [0, 0.05) is 12.8 Å². The lowest BCUT2D eigenvalue weighted by molar-refractivity contribution is -0.143. The number of carbonyl (C=O) groups excluding carboxylic acids is 2. The van der Waals surface area contributed by atoms with Gasteiger partial charge in [-0.2, -0.15) is 0 Å². The number of rotatable bonds is 53. The first-order valence-electron chi connectivity index (χ1n) is 28.6. The lowest BCUT2D eigenvalue weighted by Crippen LogP contribution is -2.45. The molecule has 0 fully saturated rings. The van der Waals surface area contributed by atoms with Crippen molar-refractivity contribution in [1.29, 1.82) is 0 Å². The van der Waals surface area contributed by atoms with E-state index >= 15 is 0 Å². The van der Waals surface area contributed by atoms with Crippen molar-refractivity contribution >= 4 is 11.9 Å². The molecular weight excluding hydrogens is 791 g/mol. The summed E-state index contributed by atoms with van der Waals surface area (Å²) in [6.45, 7) is 4.85. The van der Waals surface area contributed by atoms with Gasteiger partial charge in [0.1, 0.15) is 0 Å². The predicted octanol–water partition coefficient (Wildman–Crippen LogP) is 17.5. The molecule has 2 atom stereocenters. The molecule has 0 spiro atoms. The molecule has 0 aliphatic rings. The van der Waals surface area contributed by atoms with Crippen molar-refractivity contribution in [2.75, 3.05) is 13.2 Å². The molecule has 64 heavy (non-hydrogen) atoms. The van der Waals surface area contributed by atoms with Crippen LogP contribution in [0.1, 0.15) is 309 Å². The van der Waals surface area contributed by atoms with Crippen molar-refractivity contribution in [2.24, 2.45) is 0 Å². The van der Waals surface area contributed by atoms with E-state index in [-0.39, 0.29) is 18.5 Å². The Balaban J connectivity index is 3.51. The third-order valence-electron chi connectivity index (χ3n) is 13.2. The summed E-state index contributed by atoms with van der Waals surface area (Å²) in [5.41, 5.74) is 0. The second-order valence-corrected chi connectivity index (χ2v) is 19.6. The molecule has 0 rings (SSSR count). The molecule has 0 heterocycles. The van der Waals surface area contributed by atoms with Crippen molar-refractivity contribution in [3.63, 3.8) is 0 Å². The molecule has 6 heteroatoms. The van der Waals surface area contributed by atoms with Crippen LogP contribution in [0.2, 0.25) is 0 Å². The molecule has 1 amide bonds. The summed E-state index contributed by atoms with van der Waals surface area (Å²) in [6, 6.07) is -0.649. The average molecular weight is 903 g/mol. The smallest absolute Gasteiger partial charge is 0.305 e. The number of ether oxygens (including phenoxy) is 1. The number of esters is 1. The van der Waals surface area contributed by atoms with E-state index in [1.807, 2.05) is 6.08 Å². The summed E-state index contributed by atoms with van der Waals surface area (Å²) < 4.78 is 5.47. The van der Waals surface area contributed by atoms with Gasteiger partial charge in [-0.3, -0.25) is 9.59 Å². The Morgan fingerprint density at radius 2 is 0.734 bits per heavy atom. The van der Waals surface area contributed by atoms with E-state index in [0.29, 0.717) is 19.4 Å². The van der Waals surface area contributed by atoms with Gasteiger partial charge in [0.2, 0.25) is 5.91 Å². The highest BCUT2D eigenvalue weighted by Gasteiger charge is 2.18. The van der Waals surface area contributed by atoms with Crippen LogP contribution in [0.25, 0.3) is 0 Å². The first-order chi connectivity index (χ1) is 31.5. The Kier molecular flexibility index (Phi) is 52.6. The fourth-order valence-corrected chi connectivity index (χ4v) is 8.81. The molecule has 0 bridgehead atoms. The van der Waals surface area contributed by atoms with Crippen molar-refractivity contribution in [2.45, 2.75) is 321 Å². The van der Waals surface area contributed by atoms with Crippen molar-refractivity contribution in [1.82, 2.24) is 5.32 Å². The van der Waals surface area contributed by atoms with Gasteiger partial charge in [-0.15, -0.1) is 0 Å². The second-order valence-electron chi connectivity index (χ2n) is 19.6. The van der Waals surface area contributed by atoms with Gasteiger partial charge < -0.3 is 20.3 Å². The van der Waals surface area contributed by atoms with Crippen LogP contribution in [0.3, 0.4) is 0 Å². The molecule has 0 aromatic carbocycles. The number of hydrogen-bond acceptors (Lipinski definition) is 5. The molecule has 0 aromatic heterocycles. The topological polar surface area (TPSA) is 95.9 Å². The summed E-state index contributed by atoms with van der Waals surface area (Å²) in [5, 5.41) is 23.1. The number of hydrogen-bond donors (Lipinski definition) is 3. The molecule has 0 aliphatic heterocycles. The molecule has 0 aromatic rings. The van der Waals surface area contributed by atoms with Crippen molar-refractivity contribution < 1.29 is 24.5 Å². The largest absolute Gasteiger partial charge is 0.466 e. The van der Waals surface area contributed by atoms with E-state index in [2.05, 4.69) is 31.3 Å². The lowest BCUT2D eigenvalue weighted by atomic mass is 10.0. The fourth-order valence-electron chi connectivity index (χ4n) is 8.81. The number of carbonyl (C=O) groups is 2. The second kappa shape index (κ2) is 54.0. The van der Waals surface area contributed by atoms with E-state index in [1.165, 1.54) is 225 Å².